The first-order chi connectivity index (χ1) is 19.7. The fourth-order valence-electron chi connectivity index (χ4n) is 4.07. The third-order valence-corrected chi connectivity index (χ3v) is 8.73. The summed E-state index contributed by atoms with van der Waals surface area (Å²) >= 11 is 12.5. The number of halogens is 2. The van der Waals surface area contributed by atoms with E-state index in [1.165, 1.54) is 31.4 Å². The average molecular weight is 613 g/mol. The molecule has 2 amide bonds. The Morgan fingerprint density at radius 2 is 1.46 bits per heavy atom. The highest BCUT2D eigenvalue weighted by molar-refractivity contribution is 7.91. The van der Waals surface area contributed by atoms with Gasteiger partial charge in [0.15, 0.2) is 0 Å². The van der Waals surface area contributed by atoms with Crippen LogP contribution in [0.3, 0.4) is 0 Å². The molecule has 8 nitrogen and oxygen atoms in total. The Kier molecular flexibility index (Phi) is 9.88. The zero-order valence-electron chi connectivity index (χ0n) is 21.9. The molecule has 3 N–H and O–H groups in total. The van der Waals surface area contributed by atoms with E-state index in [1.807, 2.05) is 24.3 Å². The molecule has 0 radical (unpaired) electrons. The van der Waals surface area contributed by atoms with Crippen LogP contribution in [-0.4, -0.2) is 33.6 Å². The molecular weight excluding hydrogens is 585 g/mol. The van der Waals surface area contributed by atoms with Crippen molar-refractivity contribution in [2.75, 3.05) is 17.7 Å². The van der Waals surface area contributed by atoms with Gasteiger partial charge in [-0.05, 0) is 54.1 Å². The summed E-state index contributed by atoms with van der Waals surface area (Å²) in [5.41, 5.74) is 2.42. The number of rotatable bonds is 10. The van der Waals surface area contributed by atoms with Crippen LogP contribution in [-0.2, 0) is 32.3 Å². The minimum atomic E-state index is -3.90. The van der Waals surface area contributed by atoms with E-state index in [0.717, 1.165) is 16.8 Å². The normalized spacial score (nSPS) is 11.8. The minimum absolute atomic E-state index is 0.0721. The van der Waals surface area contributed by atoms with Gasteiger partial charge in [0, 0.05) is 34.3 Å². The highest BCUT2D eigenvalue weighted by Crippen LogP contribution is 2.28. The number of carbonyl (C=O) groups excluding carboxylic acids is 2. The van der Waals surface area contributed by atoms with E-state index in [9.17, 15) is 18.0 Å². The lowest BCUT2D eigenvalue weighted by atomic mass is 10.1. The number of hydrogen-bond donors (Lipinski definition) is 3. The summed E-state index contributed by atoms with van der Waals surface area (Å²) in [7, 11) is -2.67. The van der Waals surface area contributed by atoms with Crippen LogP contribution >= 0.6 is 23.2 Å². The van der Waals surface area contributed by atoms with Crippen molar-refractivity contribution in [3.05, 3.63) is 118 Å². The third kappa shape index (κ3) is 7.58. The number of methoxy groups -OCH3 is 1. The van der Waals surface area contributed by atoms with E-state index in [2.05, 4.69) is 16.0 Å². The molecule has 1 atom stereocenters. The molecule has 0 aliphatic heterocycles. The van der Waals surface area contributed by atoms with Crippen molar-refractivity contribution in [3.8, 4) is 0 Å². The summed E-state index contributed by atoms with van der Waals surface area (Å²) in [5, 5.41) is 9.54. The van der Waals surface area contributed by atoms with E-state index < -0.39 is 27.9 Å². The molecule has 4 aromatic rings. The fourth-order valence-corrected chi connectivity index (χ4v) is 6.04. The molecule has 0 fully saturated rings. The Labute approximate surface area is 248 Å². The molecule has 41 heavy (non-hydrogen) atoms. The molecule has 11 heteroatoms. The van der Waals surface area contributed by atoms with Gasteiger partial charge in [-0.2, -0.15) is 0 Å². The summed E-state index contributed by atoms with van der Waals surface area (Å²) in [6.45, 7) is 0.422. The van der Waals surface area contributed by atoms with Gasteiger partial charge in [0.25, 0.3) is 0 Å². The zero-order chi connectivity index (χ0) is 29.4. The summed E-state index contributed by atoms with van der Waals surface area (Å²) < 4.78 is 31.2. The smallest absolute Gasteiger partial charge is 0.328 e. The number of anilines is 2. The fraction of sp³-hybridized carbons (Fsp3) is 0.133. The maximum absolute atomic E-state index is 13.2. The van der Waals surface area contributed by atoms with E-state index in [0.29, 0.717) is 16.6 Å². The molecule has 0 spiro atoms. The molecule has 0 aliphatic carbocycles. The topological polar surface area (TPSA) is 114 Å². The Balaban J connectivity index is 1.43. The zero-order valence-corrected chi connectivity index (χ0v) is 24.3. The van der Waals surface area contributed by atoms with Gasteiger partial charge < -0.3 is 20.7 Å². The molecule has 0 saturated carbocycles. The van der Waals surface area contributed by atoms with Crippen molar-refractivity contribution in [2.24, 2.45) is 0 Å². The summed E-state index contributed by atoms with van der Waals surface area (Å²) in [6, 6.07) is 24.8. The lowest BCUT2D eigenvalue weighted by Gasteiger charge is -2.18. The first-order valence-electron chi connectivity index (χ1n) is 12.5. The van der Waals surface area contributed by atoms with E-state index in [-0.39, 0.29) is 21.9 Å². The molecule has 0 aromatic heterocycles. The van der Waals surface area contributed by atoms with E-state index in [1.54, 1.807) is 48.5 Å². The van der Waals surface area contributed by atoms with Gasteiger partial charge in [0.2, 0.25) is 9.84 Å². The lowest BCUT2D eigenvalue weighted by Crippen LogP contribution is -2.45. The number of benzene rings is 4. The van der Waals surface area contributed by atoms with Gasteiger partial charge >= 0.3 is 12.0 Å². The SMILES string of the molecule is COC(=O)C(Cc1ccc(NCc2c(Cl)cccc2Cl)cc1)NC(=O)Nc1ccccc1S(=O)(=O)c1ccccc1. The Bertz CT molecular complexity index is 1610. The number of esters is 1. The average Bonchev–Trinajstić information content (AvgIpc) is 2.97. The molecule has 4 rings (SSSR count). The first-order valence-corrected chi connectivity index (χ1v) is 14.7. The predicted octanol–water partition coefficient (Wildman–Crippen LogP) is 6.34. The van der Waals surface area contributed by atoms with E-state index in [4.69, 9.17) is 27.9 Å². The molecular formula is C30H27Cl2N3O5S. The van der Waals surface area contributed by atoms with Crippen LogP contribution in [0.1, 0.15) is 11.1 Å². The second-order valence-corrected chi connectivity index (χ2v) is 11.7. The maximum Gasteiger partial charge on any atom is 0.328 e. The van der Waals surface area contributed by atoms with Crippen molar-refractivity contribution in [2.45, 2.75) is 28.8 Å². The van der Waals surface area contributed by atoms with Gasteiger partial charge in [-0.25, -0.2) is 18.0 Å². The van der Waals surface area contributed by atoms with Crippen LogP contribution in [0.15, 0.2) is 107 Å². The van der Waals surface area contributed by atoms with Crippen LogP contribution in [0.4, 0.5) is 16.2 Å². The molecule has 0 bridgehead atoms. The number of urea groups is 1. The Morgan fingerprint density at radius 1 is 0.829 bits per heavy atom. The summed E-state index contributed by atoms with van der Waals surface area (Å²) in [4.78, 5) is 25.4. The predicted molar refractivity (Wildman–Crippen MR) is 160 cm³/mol. The van der Waals surface area contributed by atoms with Gasteiger partial charge in [0.1, 0.15) is 6.04 Å². The van der Waals surface area contributed by atoms with E-state index >= 15 is 0 Å². The van der Waals surface area contributed by atoms with Gasteiger partial charge in [-0.3, -0.25) is 0 Å². The Morgan fingerprint density at radius 3 is 2.12 bits per heavy atom. The minimum Gasteiger partial charge on any atom is -0.467 e. The highest BCUT2D eigenvalue weighted by Gasteiger charge is 2.25. The Hall–Kier alpha value is -4.05. The molecule has 0 heterocycles. The number of sulfone groups is 1. The molecule has 0 aliphatic rings. The van der Waals surface area contributed by atoms with Crippen LogP contribution in [0, 0.1) is 0 Å². The van der Waals surface area contributed by atoms with Crippen LogP contribution in [0.25, 0.3) is 0 Å². The van der Waals surface area contributed by atoms with Gasteiger partial charge in [0.05, 0.1) is 22.6 Å². The maximum atomic E-state index is 13.2. The molecule has 0 saturated heterocycles. The molecule has 4 aromatic carbocycles. The monoisotopic (exact) mass is 611 g/mol. The van der Waals surface area contributed by atoms with Crippen molar-refractivity contribution in [3.63, 3.8) is 0 Å². The van der Waals surface area contributed by atoms with Crippen molar-refractivity contribution in [1.29, 1.82) is 0 Å². The molecule has 1 unspecified atom stereocenters. The number of hydrogen-bond acceptors (Lipinski definition) is 6. The number of ether oxygens (including phenoxy) is 1. The quantitative estimate of drug-likeness (QED) is 0.180. The second kappa shape index (κ2) is 13.5. The number of nitrogens with one attached hydrogen (secondary N) is 3. The van der Waals surface area contributed by atoms with Crippen LogP contribution in [0.2, 0.25) is 10.0 Å². The first kappa shape index (κ1) is 29.9. The summed E-state index contributed by atoms with van der Waals surface area (Å²) in [6.07, 6.45) is 0.140. The third-order valence-electron chi connectivity index (χ3n) is 6.19. The van der Waals surface area contributed by atoms with Crippen LogP contribution in [0.5, 0.6) is 0 Å². The van der Waals surface area contributed by atoms with Crippen LogP contribution < -0.4 is 16.0 Å². The van der Waals surface area contributed by atoms with Gasteiger partial charge in [-0.15, -0.1) is 0 Å². The van der Waals surface area contributed by atoms with Crippen molar-refractivity contribution >= 4 is 56.4 Å². The number of carbonyl (C=O) groups is 2. The molecule has 212 valence electrons. The van der Waals surface area contributed by atoms with Crippen molar-refractivity contribution in [1.82, 2.24) is 5.32 Å². The largest absolute Gasteiger partial charge is 0.467 e. The standard InChI is InChI=1S/C30H27Cl2N3O5S/c1-40-29(36)27(18-20-14-16-21(17-15-20)33-19-23-24(31)10-7-11-25(23)32)35-30(37)34-26-12-5-6-13-28(26)41(38,39)22-8-3-2-4-9-22/h2-17,27,33H,18-19H2,1H3,(H2,34,35,37). The highest BCUT2D eigenvalue weighted by atomic mass is 35.5. The van der Waals surface area contributed by atoms with Gasteiger partial charge in [-0.1, -0.05) is 71.7 Å². The summed E-state index contributed by atoms with van der Waals surface area (Å²) in [5.74, 6) is -0.652. The lowest BCUT2D eigenvalue weighted by molar-refractivity contribution is -0.142. The number of amides is 2. The second-order valence-electron chi connectivity index (χ2n) is 8.94. The van der Waals surface area contributed by atoms with Crippen molar-refractivity contribution < 1.29 is 22.7 Å². The number of para-hydroxylation sites is 1.